The van der Waals surface area contributed by atoms with E-state index in [1.807, 2.05) is 6.92 Å². The maximum absolute atomic E-state index is 12.0. The number of nitrogens with zero attached hydrogens (tertiary/aromatic N) is 1. The van der Waals surface area contributed by atoms with Crippen LogP contribution in [0.4, 0.5) is 0 Å². The molecule has 1 heterocycles. The summed E-state index contributed by atoms with van der Waals surface area (Å²) in [5.41, 5.74) is 1.37. The van der Waals surface area contributed by atoms with Gasteiger partial charge < -0.3 is 14.3 Å². The minimum atomic E-state index is -0.722. The zero-order valence-electron chi connectivity index (χ0n) is 12.3. The van der Waals surface area contributed by atoms with Crippen LogP contribution in [0.15, 0.2) is 23.4 Å². The average molecular weight is 312 g/mol. The van der Waals surface area contributed by atoms with Gasteiger partial charge in [0.15, 0.2) is 0 Å². The molecule has 1 aromatic rings. The maximum atomic E-state index is 12.0. The molecule has 0 spiro atoms. The van der Waals surface area contributed by atoms with Crippen molar-refractivity contribution in [3.8, 4) is 5.75 Å². The molecule has 0 fully saturated rings. The molecule has 1 atom stereocenters. The minimum Gasteiger partial charge on any atom is -0.478 e. The highest BCUT2D eigenvalue weighted by atomic mass is 35.5. The molecule has 0 saturated heterocycles. The van der Waals surface area contributed by atoms with Crippen molar-refractivity contribution < 1.29 is 19.1 Å². The molecule has 21 heavy (non-hydrogen) atoms. The lowest BCUT2D eigenvalue weighted by Gasteiger charge is -2.26. The van der Waals surface area contributed by atoms with Crippen LogP contribution in [0.5, 0.6) is 5.75 Å². The number of fused-ring (bicyclic) bond motifs is 1. The summed E-state index contributed by atoms with van der Waals surface area (Å²) in [4.78, 5) is 17.2. The second-order valence-electron chi connectivity index (χ2n) is 4.89. The average Bonchev–Trinajstić information content (AvgIpc) is 2.43. The lowest BCUT2D eigenvalue weighted by molar-refractivity contribution is -0.155. The lowest BCUT2D eigenvalue weighted by atomic mass is 10.00. The van der Waals surface area contributed by atoms with E-state index in [4.69, 9.17) is 25.9 Å². The van der Waals surface area contributed by atoms with E-state index in [-0.39, 0.29) is 6.10 Å². The van der Waals surface area contributed by atoms with Gasteiger partial charge in [0.2, 0.25) is 6.10 Å². The third kappa shape index (κ3) is 3.88. The van der Waals surface area contributed by atoms with Gasteiger partial charge in [-0.25, -0.2) is 4.79 Å². The van der Waals surface area contributed by atoms with Gasteiger partial charge in [0.25, 0.3) is 0 Å². The number of hydrogen-bond donors (Lipinski definition) is 0. The third-order valence-electron chi connectivity index (χ3n) is 2.82. The number of carbonyl (C=O) groups excluding carboxylic acids is 1. The van der Waals surface area contributed by atoms with Crippen LogP contribution in [0.25, 0.3) is 0 Å². The van der Waals surface area contributed by atoms with E-state index in [1.54, 1.807) is 32.0 Å². The normalized spacial score (nSPS) is 19.1. The molecule has 0 amide bonds. The quantitative estimate of drug-likeness (QED) is 0.633. The van der Waals surface area contributed by atoms with Gasteiger partial charge in [0.05, 0.1) is 11.8 Å². The lowest BCUT2D eigenvalue weighted by Crippen LogP contribution is -2.37. The first-order valence-electron chi connectivity index (χ1n) is 6.87. The molecule has 0 bridgehead atoms. The van der Waals surface area contributed by atoms with Gasteiger partial charge in [-0.1, -0.05) is 16.8 Å². The molecular formula is C15H18ClNO4. The number of ether oxygens (including phenoxy) is 2. The first-order chi connectivity index (χ1) is 10.0. The summed E-state index contributed by atoms with van der Waals surface area (Å²) < 4.78 is 10.9. The Hall–Kier alpha value is -1.75. The number of benzene rings is 1. The van der Waals surface area contributed by atoms with Gasteiger partial charge in [0, 0.05) is 17.0 Å². The van der Waals surface area contributed by atoms with E-state index >= 15 is 0 Å². The molecule has 0 aromatic heterocycles. The molecular weight excluding hydrogens is 294 g/mol. The molecule has 1 aliphatic heterocycles. The molecule has 2 rings (SSSR count). The van der Waals surface area contributed by atoms with Gasteiger partial charge in [0.1, 0.15) is 12.4 Å². The van der Waals surface area contributed by atoms with Gasteiger partial charge in [-0.05, 0) is 39.0 Å². The van der Waals surface area contributed by atoms with Gasteiger partial charge in [-0.3, -0.25) is 0 Å². The maximum Gasteiger partial charge on any atom is 0.348 e. The van der Waals surface area contributed by atoms with E-state index in [9.17, 15) is 4.79 Å². The van der Waals surface area contributed by atoms with E-state index in [2.05, 4.69) is 5.16 Å². The van der Waals surface area contributed by atoms with Crippen molar-refractivity contribution >= 4 is 23.3 Å². The Morgan fingerprint density at radius 2 is 2.29 bits per heavy atom. The van der Waals surface area contributed by atoms with Crippen LogP contribution in [0, 0.1) is 0 Å². The van der Waals surface area contributed by atoms with E-state index in [0.29, 0.717) is 29.5 Å². The number of esters is 1. The van der Waals surface area contributed by atoms with Crippen LogP contribution >= 0.6 is 11.6 Å². The number of oxime groups is 1. The Bertz CT molecular complexity index is 557. The van der Waals surface area contributed by atoms with Crippen LogP contribution in [-0.2, 0) is 14.4 Å². The van der Waals surface area contributed by atoms with E-state index in [1.165, 1.54) is 0 Å². The number of hydrogen-bond acceptors (Lipinski definition) is 5. The summed E-state index contributed by atoms with van der Waals surface area (Å²) >= 11 is 6.00. The highest BCUT2D eigenvalue weighted by Gasteiger charge is 2.32. The van der Waals surface area contributed by atoms with Gasteiger partial charge in [-0.15, -0.1) is 0 Å². The Labute approximate surface area is 128 Å². The van der Waals surface area contributed by atoms with Crippen molar-refractivity contribution in [2.24, 2.45) is 5.16 Å². The highest BCUT2D eigenvalue weighted by Crippen LogP contribution is 2.31. The van der Waals surface area contributed by atoms with Crippen molar-refractivity contribution in [1.29, 1.82) is 0 Å². The fourth-order valence-corrected chi connectivity index (χ4v) is 2.15. The van der Waals surface area contributed by atoms with Crippen molar-refractivity contribution in [1.82, 2.24) is 0 Å². The molecule has 114 valence electrons. The minimum absolute atomic E-state index is 0.194. The van der Waals surface area contributed by atoms with Crippen LogP contribution in [-0.4, -0.2) is 30.5 Å². The Morgan fingerprint density at radius 1 is 1.52 bits per heavy atom. The topological polar surface area (TPSA) is 57.1 Å². The van der Waals surface area contributed by atoms with Gasteiger partial charge in [-0.2, -0.15) is 0 Å². The van der Waals surface area contributed by atoms with E-state index in [0.717, 1.165) is 5.56 Å². The largest absolute Gasteiger partial charge is 0.478 e. The number of carbonyl (C=O) groups is 1. The predicted octanol–water partition coefficient (Wildman–Crippen LogP) is 3.18. The second-order valence-corrected chi connectivity index (χ2v) is 5.33. The summed E-state index contributed by atoms with van der Waals surface area (Å²) in [6.45, 7) is 5.88. The Morgan fingerprint density at radius 3 is 2.95 bits per heavy atom. The second kappa shape index (κ2) is 6.80. The van der Waals surface area contributed by atoms with Crippen molar-refractivity contribution in [2.45, 2.75) is 39.4 Å². The first kappa shape index (κ1) is 15.6. The standard InChI is InChI=1S/C15H18ClNO4/c1-4-19-17-12-8-14(15(18)20-9(2)3)21-13-6-5-10(16)7-11(12)13/h5-7,9,14H,4,8H2,1-3H3/b17-12+. The molecule has 1 unspecified atom stereocenters. The summed E-state index contributed by atoms with van der Waals surface area (Å²) in [6.07, 6.45) is -0.626. The molecule has 6 heteroatoms. The zero-order valence-corrected chi connectivity index (χ0v) is 13.0. The van der Waals surface area contributed by atoms with E-state index < -0.39 is 12.1 Å². The fourth-order valence-electron chi connectivity index (χ4n) is 1.98. The van der Waals surface area contributed by atoms with Gasteiger partial charge >= 0.3 is 5.97 Å². The highest BCUT2D eigenvalue weighted by molar-refractivity contribution is 6.31. The third-order valence-corrected chi connectivity index (χ3v) is 3.05. The molecule has 1 aliphatic rings. The molecule has 0 N–H and O–H groups in total. The fraction of sp³-hybridized carbons (Fsp3) is 0.467. The van der Waals surface area contributed by atoms with Crippen LogP contribution in [0.3, 0.4) is 0 Å². The smallest absolute Gasteiger partial charge is 0.348 e. The molecule has 0 radical (unpaired) electrons. The SMILES string of the molecule is CCO/N=C1\CC(C(=O)OC(C)C)Oc2ccc(Cl)cc21. The predicted molar refractivity (Wildman–Crippen MR) is 79.9 cm³/mol. The Balaban J connectivity index is 2.29. The molecule has 1 aromatic carbocycles. The summed E-state index contributed by atoms with van der Waals surface area (Å²) in [7, 11) is 0. The monoisotopic (exact) mass is 311 g/mol. The summed E-state index contributed by atoms with van der Waals surface area (Å²) in [5.74, 6) is 0.143. The van der Waals surface area contributed by atoms with Crippen molar-refractivity contribution in [3.05, 3.63) is 28.8 Å². The zero-order chi connectivity index (χ0) is 15.4. The Kier molecular flexibility index (Phi) is 5.07. The van der Waals surface area contributed by atoms with Crippen LogP contribution in [0.1, 0.15) is 32.8 Å². The molecule has 5 nitrogen and oxygen atoms in total. The summed E-state index contributed by atoms with van der Waals surface area (Å²) in [6, 6.07) is 5.17. The first-order valence-corrected chi connectivity index (χ1v) is 7.25. The number of rotatable bonds is 4. The van der Waals surface area contributed by atoms with Crippen molar-refractivity contribution in [2.75, 3.05) is 6.61 Å². The molecule has 0 saturated carbocycles. The number of halogens is 1. The molecule has 0 aliphatic carbocycles. The van der Waals surface area contributed by atoms with Crippen LogP contribution in [0.2, 0.25) is 5.02 Å². The van der Waals surface area contributed by atoms with Crippen LogP contribution < -0.4 is 4.74 Å². The van der Waals surface area contributed by atoms with Crippen molar-refractivity contribution in [3.63, 3.8) is 0 Å². The summed E-state index contributed by atoms with van der Waals surface area (Å²) in [5, 5.41) is 4.64.